The van der Waals surface area contributed by atoms with Crippen LogP contribution in [0.5, 0.6) is 0 Å². The molecule has 2 aromatic rings. The molecule has 0 aliphatic carbocycles. The number of H-pyrrole nitrogens is 1. The number of nitrogens with zero attached hydrogens (tertiary/aromatic N) is 1. The van der Waals surface area contributed by atoms with Crippen LogP contribution in [0.1, 0.15) is 28.4 Å². The lowest BCUT2D eigenvalue weighted by Gasteiger charge is -2.17. The topological polar surface area (TPSA) is 53.2 Å². The molecular formula is C16H18N2O2. The summed E-state index contributed by atoms with van der Waals surface area (Å²) in [6.07, 6.45) is 3.96. The summed E-state index contributed by atoms with van der Waals surface area (Å²) in [5, 5.41) is 0. The van der Waals surface area contributed by atoms with E-state index in [2.05, 4.69) is 24.0 Å². The van der Waals surface area contributed by atoms with Gasteiger partial charge in [0.15, 0.2) is 5.43 Å². The molecule has 1 N–H and O–H groups in total. The summed E-state index contributed by atoms with van der Waals surface area (Å²) < 4.78 is 0. The summed E-state index contributed by atoms with van der Waals surface area (Å²) in [6, 6.07) is 9.50. The van der Waals surface area contributed by atoms with E-state index in [-0.39, 0.29) is 16.9 Å². The minimum absolute atomic E-state index is 0.167. The molecule has 1 heterocycles. The molecule has 0 aliphatic heterocycles. The Kier molecular flexibility index (Phi) is 4.35. The third kappa shape index (κ3) is 3.15. The van der Waals surface area contributed by atoms with Crippen LogP contribution >= 0.6 is 0 Å². The number of benzene rings is 1. The van der Waals surface area contributed by atoms with Crippen LogP contribution in [0, 0.1) is 0 Å². The zero-order valence-corrected chi connectivity index (χ0v) is 11.7. The third-order valence-corrected chi connectivity index (χ3v) is 3.25. The first-order valence-corrected chi connectivity index (χ1v) is 6.62. The normalized spacial score (nSPS) is 10.3. The van der Waals surface area contributed by atoms with E-state index in [1.54, 1.807) is 11.9 Å². The Balaban J connectivity index is 2.11. The van der Waals surface area contributed by atoms with Gasteiger partial charge in [-0.15, -0.1) is 0 Å². The van der Waals surface area contributed by atoms with E-state index < -0.39 is 0 Å². The molecule has 2 rings (SSSR count). The van der Waals surface area contributed by atoms with Crippen molar-refractivity contribution >= 4 is 5.91 Å². The molecule has 0 saturated heterocycles. The van der Waals surface area contributed by atoms with Crippen molar-refractivity contribution in [1.82, 2.24) is 9.88 Å². The van der Waals surface area contributed by atoms with Crippen molar-refractivity contribution in [2.45, 2.75) is 19.9 Å². The lowest BCUT2D eigenvalue weighted by atomic mass is 10.1. The number of nitrogens with one attached hydrogen (secondary N) is 1. The van der Waals surface area contributed by atoms with Gasteiger partial charge in [-0.3, -0.25) is 9.59 Å². The van der Waals surface area contributed by atoms with Gasteiger partial charge < -0.3 is 9.88 Å². The van der Waals surface area contributed by atoms with Gasteiger partial charge in [0.2, 0.25) is 0 Å². The van der Waals surface area contributed by atoms with Crippen LogP contribution in [-0.2, 0) is 13.0 Å². The first kappa shape index (κ1) is 14.1. The molecule has 1 aromatic carbocycles. The van der Waals surface area contributed by atoms with Gasteiger partial charge in [-0.2, -0.15) is 0 Å². The molecule has 0 spiro atoms. The number of pyridine rings is 1. The van der Waals surface area contributed by atoms with Crippen molar-refractivity contribution in [3.63, 3.8) is 0 Å². The molecule has 0 atom stereocenters. The van der Waals surface area contributed by atoms with Gasteiger partial charge in [0.05, 0.1) is 0 Å². The van der Waals surface area contributed by atoms with Crippen LogP contribution in [-0.4, -0.2) is 22.8 Å². The van der Waals surface area contributed by atoms with Crippen LogP contribution in [0.3, 0.4) is 0 Å². The number of hydrogen-bond donors (Lipinski definition) is 1. The van der Waals surface area contributed by atoms with Crippen molar-refractivity contribution in [3.05, 3.63) is 69.6 Å². The molecule has 0 radical (unpaired) electrons. The number of aryl methyl sites for hydroxylation is 1. The molecule has 1 amide bonds. The SMILES string of the molecule is CCc1ccc(CN(C)C(=O)c2c[nH]ccc2=O)cc1. The monoisotopic (exact) mass is 270 g/mol. The fourth-order valence-corrected chi connectivity index (χ4v) is 2.01. The number of aromatic amines is 1. The Morgan fingerprint density at radius 2 is 1.80 bits per heavy atom. The standard InChI is InChI=1S/C16H18N2O2/c1-3-12-4-6-13(7-5-12)11-18(2)16(20)14-10-17-9-8-15(14)19/h4-10H,3,11H2,1-2H3,(H,17,19). The highest BCUT2D eigenvalue weighted by Crippen LogP contribution is 2.08. The number of rotatable bonds is 4. The number of carbonyl (C=O) groups is 1. The Bertz CT molecular complexity index is 644. The van der Waals surface area contributed by atoms with Crippen LogP contribution in [0.15, 0.2) is 47.5 Å². The smallest absolute Gasteiger partial charge is 0.259 e. The second-order valence-electron chi connectivity index (χ2n) is 4.75. The van der Waals surface area contributed by atoms with E-state index in [0.717, 1.165) is 12.0 Å². The van der Waals surface area contributed by atoms with Gasteiger partial charge in [-0.25, -0.2) is 0 Å². The summed E-state index contributed by atoms with van der Waals surface area (Å²) in [7, 11) is 1.70. The van der Waals surface area contributed by atoms with E-state index in [1.807, 2.05) is 12.1 Å². The van der Waals surface area contributed by atoms with Crippen molar-refractivity contribution in [2.24, 2.45) is 0 Å². The van der Waals surface area contributed by atoms with Gasteiger partial charge in [0.25, 0.3) is 5.91 Å². The molecule has 0 aliphatic rings. The highest BCUT2D eigenvalue weighted by molar-refractivity contribution is 5.93. The average Bonchev–Trinajstić information content (AvgIpc) is 2.48. The highest BCUT2D eigenvalue weighted by atomic mass is 16.2. The maximum absolute atomic E-state index is 12.2. The second-order valence-corrected chi connectivity index (χ2v) is 4.75. The van der Waals surface area contributed by atoms with Crippen molar-refractivity contribution in [1.29, 1.82) is 0 Å². The Hall–Kier alpha value is -2.36. The van der Waals surface area contributed by atoms with Gasteiger partial charge >= 0.3 is 0 Å². The summed E-state index contributed by atoms with van der Waals surface area (Å²) in [5.74, 6) is -0.272. The lowest BCUT2D eigenvalue weighted by Crippen LogP contribution is -2.30. The van der Waals surface area contributed by atoms with Gasteiger partial charge in [-0.1, -0.05) is 31.2 Å². The minimum atomic E-state index is -0.272. The van der Waals surface area contributed by atoms with E-state index in [1.165, 1.54) is 24.0 Å². The van der Waals surface area contributed by atoms with E-state index in [4.69, 9.17) is 0 Å². The Labute approximate surface area is 118 Å². The molecule has 4 heteroatoms. The average molecular weight is 270 g/mol. The molecular weight excluding hydrogens is 252 g/mol. The molecule has 104 valence electrons. The summed E-state index contributed by atoms with van der Waals surface area (Å²) in [4.78, 5) is 28.1. The maximum atomic E-state index is 12.2. The fourth-order valence-electron chi connectivity index (χ4n) is 2.01. The molecule has 0 bridgehead atoms. The molecule has 0 fully saturated rings. The van der Waals surface area contributed by atoms with E-state index in [9.17, 15) is 9.59 Å². The largest absolute Gasteiger partial charge is 0.367 e. The molecule has 0 unspecified atom stereocenters. The number of carbonyl (C=O) groups excluding carboxylic acids is 1. The van der Waals surface area contributed by atoms with Crippen molar-refractivity contribution in [2.75, 3.05) is 7.05 Å². The molecule has 4 nitrogen and oxygen atoms in total. The van der Waals surface area contributed by atoms with Gasteiger partial charge in [0.1, 0.15) is 5.56 Å². The second kappa shape index (κ2) is 6.19. The maximum Gasteiger partial charge on any atom is 0.259 e. The lowest BCUT2D eigenvalue weighted by molar-refractivity contribution is 0.0783. The number of hydrogen-bond acceptors (Lipinski definition) is 2. The number of amides is 1. The Morgan fingerprint density at radius 1 is 1.15 bits per heavy atom. The van der Waals surface area contributed by atoms with E-state index in [0.29, 0.717) is 6.54 Å². The predicted octanol–water partition coefficient (Wildman–Crippen LogP) is 2.21. The quantitative estimate of drug-likeness (QED) is 0.926. The van der Waals surface area contributed by atoms with E-state index >= 15 is 0 Å². The minimum Gasteiger partial charge on any atom is -0.367 e. The number of aromatic nitrogens is 1. The fraction of sp³-hybridized carbons (Fsp3) is 0.250. The third-order valence-electron chi connectivity index (χ3n) is 3.25. The summed E-state index contributed by atoms with van der Waals surface area (Å²) >= 11 is 0. The highest BCUT2D eigenvalue weighted by Gasteiger charge is 2.14. The van der Waals surface area contributed by atoms with Crippen LogP contribution in [0.2, 0.25) is 0 Å². The predicted molar refractivity (Wildman–Crippen MR) is 78.7 cm³/mol. The van der Waals surface area contributed by atoms with Crippen LogP contribution in [0.25, 0.3) is 0 Å². The zero-order valence-electron chi connectivity index (χ0n) is 11.7. The van der Waals surface area contributed by atoms with Gasteiger partial charge in [-0.05, 0) is 17.5 Å². The van der Waals surface area contributed by atoms with Gasteiger partial charge in [0, 0.05) is 32.1 Å². The summed E-state index contributed by atoms with van der Waals surface area (Å²) in [5.41, 5.74) is 2.22. The van der Waals surface area contributed by atoms with Crippen LogP contribution in [0.4, 0.5) is 0 Å². The van der Waals surface area contributed by atoms with Crippen molar-refractivity contribution in [3.8, 4) is 0 Å². The molecule has 1 aromatic heterocycles. The first-order valence-electron chi connectivity index (χ1n) is 6.62. The summed E-state index contributed by atoms with van der Waals surface area (Å²) in [6.45, 7) is 2.59. The first-order chi connectivity index (χ1) is 9.61. The Morgan fingerprint density at radius 3 is 2.40 bits per heavy atom. The molecule has 0 saturated carbocycles. The van der Waals surface area contributed by atoms with Crippen LogP contribution < -0.4 is 5.43 Å². The zero-order chi connectivity index (χ0) is 14.5. The molecule has 20 heavy (non-hydrogen) atoms. The van der Waals surface area contributed by atoms with Crippen molar-refractivity contribution < 1.29 is 4.79 Å².